The summed E-state index contributed by atoms with van der Waals surface area (Å²) in [5.41, 5.74) is 1.13. The Bertz CT molecular complexity index is 1070. The van der Waals surface area contributed by atoms with Crippen molar-refractivity contribution in [2.75, 3.05) is 26.2 Å². The molecule has 0 saturated heterocycles. The number of amides is 1. The Morgan fingerprint density at radius 3 is 2.58 bits per heavy atom. The molecule has 7 nitrogen and oxygen atoms in total. The molecule has 2 aromatic heterocycles. The summed E-state index contributed by atoms with van der Waals surface area (Å²) in [5, 5.41) is 2.93. The van der Waals surface area contributed by atoms with Gasteiger partial charge in [0.15, 0.2) is 12.4 Å². The highest BCUT2D eigenvalue weighted by molar-refractivity contribution is 5.77. The Morgan fingerprint density at radius 2 is 1.87 bits per heavy atom. The number of aromatic nitrogens is 3. The predicted octanol–water partition coefficient (Wildman–Crippen LogP) is 4.31. The smallest absolute Gasteiger partial charge is 0.389 e. The largest absolute Gasteiger partial charge is 0.481 e. The summed E-state index contributed by atoms with van der Waals surface area (Å²) in [4.78, 5) is 27.0. The van der Waals surface area contributed by atoms with Crippen LogP contribution < -0.4 is 10.1 Å². The van der Waals surface area contributed by atoms with Gasteiger partial charge in [-0.3, -0.25) is 9.78 Å². The highest BCUT2D eigenvalue weighted by Gasteiger charge is 2.36. The molecule has 1 saturated carbocycles. The number of ether oxygens (including phenoxy) is 1. The molecule has 208 valence electrons. The standard InChI is InChI=1S/C27H35F4N5O2/c1-19-32-16-23(17-33-19)38-18-25(37)35-22-4-9-26(28,10-5-22)12-15-36-13-7-20-2-3-21(6-11-27(29,30)31)34-24(20)8-14-36/h2-3,16-17,22H,4-15,18H2,1H3,(H,35,37). The second kappa shape index (κ2) is 12.4. The second-order valence-electron chi connectivity index (χ2n) is 10.4. The summed E-state index contributed by atoms with van der Waals surface area (Å²) in [6.07, 6.45) is 1.63. The summed E-state index contributed by atoms with van der Waals surface area (Å²) in [6, 6.07) is 3.51. The number of carbonyl (C=O) groups is 1. The van der Waals surface area contributed by atoms with Crippen molar-refractivity contribution in [3.8, 4) is 5.75 Å². The van der Waals surface area contributed by atoms with E-state index in [0.717, 1.165) is 24.2 Å². The number of halogens is 4. The molecule has 3 heterocycles. The molecule has 0 spiro atoms. The Hall–Kier alpha value is -2.82. The highest BCUT2D eigenvalue weighted by Crippen LogP contribution is 2.35. The van der Waals surface area contributed by atoms with Crippen LogP contribution in [0.4, 0.5) is 17.6 Å². The van der Waals surface area contributed by atoms with Gasteiger partial charge in [0.1, 0.15) is 11.5 Å². The van der Waals surface area contributed by atoms with E-state index in [1.165, 1.54) is 12.4 Å². The lowest BCUT2D eigenvalue weighted by Crippen LogP contribution is -2.44. The zero-order valence-corrected chi connectivity index (χ0v) is 21.7. The van der Waals surface area contributed by atoms with Crippen molar-refractivity contribution >= 4 is 5.91 Å². The number of rotatable bonds is 9. The molecule has 1 amide bonds. The van der Waals surface area contributed by atoms with E-state index in [1.54, 1.807) is 13.0 Å². The van der Waals surface area contributed by atoms with Gasteiger partial charge in [-0.2, -0.15) is 13.2 Å². The van der Waals surface area contributed by atoms with Gasteiger partial charge < -0.3 is 15.0 Å². The zero-order valence-electron chi connectivity index (χ0n) is 21.7. The van der Waals surface area contributed by atoms with E-state index < -0.39 is 18.3 Å². The molecule has 0 aromatic carbocycles. The van der Waals surface area contributed by atoms with Gasteiger partial charge in [0.05, 0.1) is 12.4 Å². The Balaban J connectivity index is 1.17. The highest BCUT2D eigenvalue weighted by atomic mass is 19.4. The van der Waals surface area contributed by atoms with E-state index >= 15 is 4.39 Å². The first-order chi connectivity index (χ1) is 18.1. The third kappa shape index (κ3) is 8.61. The van der Waals surface area contributed by atoms with Gasteiger partial charge in [-0.25, -0.2) is 14.4 Å². The van der Waals surface area contributed by atoms with Crippen LogP contribution in [0.25, 0.3) is 0 Å². The van der Waals surface area contributed by atoms with E-state index in [4.69, 9.17) is 4.74 Å². The maximum atomic E-state index is 15.6. The molecular weight excluding hydrogens is 502 g/mol. The van der Waals surface area contributed by atoms with Crippen molar-refractivity contribution in [2.24, 2.45) is 0 Å². The van der Waals surface area contributed by atoms with Gasteiger partial charge in [-0.1, -0.05) is 6.07 Å². The van der Waals surface area contributed by atoms with Crippen LogP contribution in [0.2, 0.25) is 0 Å². The van der Waals surface area contributed by atoms with Crippen LogP contribution in [0, 0.1) is 6.92 Å². The Morgan fingerprint density at radius 1 is 1.16 bits per heavy atom. The quantitative estimate of drug-likeness (QED) is 0.481. The summed E-state index contributed by atoms with van der Waals surface area (Å²) < 4.78 is 58.6. The van der Waals surface area contributed by atoms with Crippen LogP contribution in [0.3, 0.4) is 0 Å². The van der Waals surface area contributed by atoms with E-state index in [9.17, 15) is 18.0 Å². The second-order valence-corrected chi connectivity index (χ2v) is 10.4. The van der Waals surface area contributed by atoms with Crippen LogP contribution in [-0.2, 0) is 24.1 Å². The third-order valence-electron chi connectivity index (χ3n) is 7.40. The van der Waals surface area contributed by atoms with Gasteiger partial charge in [0, 0.05) is 49.9 Å². The molecule has 38 heavy (non-hydrogen) atoms. The summed E-state index contributed by atoms with van der Waals surface area (Å²) >= 11 is 0. The number of pyridine rings is 1. The van der Waals surface area contributed by atoms with Gasteiger partial charge in [-0.15, -0.1) is 0 Å². The first-order valence-electron chi connectivity index (χ1n) is 13.2. The molecule has 0 atom stereocenters. The van der Waals surface area contributed by atoms with E-state index in [1.807, 2.05) is 6.07 Å². The molecule has 1 N–H and O–H groups in total. The molecule has 11 heteroatoms. The number of hydrogen-bond acceptors (Lipinski definition) is 6. The van der Waals surface area contributed by atoms with Crippen molar-refractivity contribution in [3.05, 3.63) is 47.3 Å². The van der Waals surface area contributed by atoms with Crippen molar-refractivity contribution in [1.29, 1.82) is 0 Å². The Kier molecular flexibility index (Phi) is 9.17. The topological polar surface area (TPSA) is 80.2 Å². The van der Waals surface area contributed by atoms with Crippen molar-refractivity contribution in [1.82, 2.24) is 25.2 Å². The van der Waals surface area contributed by atoms with Crippen molar-refractivity contribution < 1.29 is 27.1 Å². The van der Waals surface area contributed by atoms with E-state index in [2.05, 4.69) is 25.2 Å². The molecule has 2 aromatic rings. The molecule has 2 aliphatic rings. The minimum atomic E-state index is -4.19. The lowest BCUT2D eigenvalue weighted by Gasteiger charge is -2.35. The molecule has 1 aliphatic carbocycles. The van der Waals surface area contributed by atoms with Gasteiger partial charge in [0.25, 0.3) is 5.91 Å². The fourth-order valence-electron chi connectivity index (χ4n) is 5.07. The van der Waals surface area contributed by atoms with Gasteiger partial charge in [-0.05, 0) is 63.5 Å². The summed E-state index contributed by atoms with van der Waals surface area (Å²) in [7, 11) is 0. The lowest BCUT2D eigenvalue weighted by molar-refractivity contribution is -0.134. The molecule has 1 fully saturated rings. The SMILES string of the molecule is Cc1ncc(OCC(=O)NC2CCC(F)(CCN3CCc4ccc(CCC(F)(F)F)nc4CC3)CC2)cn1. The number of nitrogens with zero attached hydrogens (tertiary/aromatic N) is 4. The minimum absolute atomic E-state index is 0.0745. The van der Waals surface area contributed by atoms with Crippen LogP contribution in [0.15, 0.2) is 24.5 Å². The van der Waals surface area contributed by atoms with Crippen LogP contribution in [0.5, 0.6) is 5.75 Å². The van der Waals surface area contributed by atoms with E-state index in [0.29, 0.717) is 68.9 Å². The lowest BCUT2D eigenvalue weighted by atomic mass is 9.81. The van der Waals surface area contributed by atoms with Crippen LogP contribution >= 0.6 is 0 Å². The molecule has 0 unspecified atom stereocenters. The number of carbonyl (C=O) groups excluding carboxylic acids is 1. The first kappa shape index (κ1) is 28.2. The number of aryl methyl sites for hydroxylation is 2. The summed E-state index contributed by atoms with van der Waals surface area (Å²) in [6.45, 7) is 3.73. The van der Waals surface area contributed by atoms with Gasteiger partial charge >= 0.3 is 6.18 Å². The average molecular weight is 538 g/mol. The normalized spacial score (nSPS) is 22.4. The Labute approximate surface area is 220 Å². The van der Waals surface area contributed by atoms with Gasteiger partial charge in [0.2, 0.25) is 0 Å². The molecule has 1 aliphatic heterocycles. The summed E-state index contributed by atoms with van der Waals surface area (Å²) in [5.74, 6) is 0.793. The zero-order chi connectivity index (χ0) is 27.2. The van der Waals surface area contributed by atoms with Crippen molar-refractivity contribution in [2.45, 2.75) is 82.6 Å². The number of alkyl halides is 4. The molecule has 0 bridgehead atoms. The fourth-order valence-corrected chi connectivity index (χ4v) is 5.07. The molecule has 0 radical (unpaired) electrons. The first-order valence-corrected chi connectivity index (χ1v) is 13.2. The molecule has 4 rings (SSSR count). The van der Waals surface area contributed by atoms with Crippen molar-refractivity contribution in [3.63, 3.8) is 0 Å². The average Bonchev–Trinajstić information content (AvgIpc) is 3.09. The predicted molar refractivity (Wildman–Crippen MR) is 134 cm³/mol. The maximum Gasteiger partial charge on any atom is 0.389 e. The minimum Gasteiger partial charge on any atom is -0.481 e. The van der Waals surface area contributed by atoms with Crippen LogP contribution in [0.1, 0.15) is 61.3 Å². The maximum absolute atomic E-state index is 15.6. The number of hydrogen-bond donors (Lipinski definition) is 1. The third-order valence-corrected chi connectivity index (χ3v) is 7.40. The van der Waals surface area contributed by atoms with E-state index in [-0.39, 0.29) is 25.0 Å². The number of nitrogens with one attached hydrogen (secondary N) is 1. The fraction of sp³-hybridized carbons (Fsp3) is 0.630. The number of fused-ring (bicyclic) bond motifs is 1. The van der Waals surface area contributed by atoms with Crippen LogP contribution in [-0.4, -0.2) is 69.9 Å². The monoisotopic (exact) mass is 537 g/mol. The molecular formula is C27H35F4N5O2.